The number of benzene rings is 2. The number of nitrogens with one attached hydrogen (secondary N) is 2. The molecule has 0 aliphatic carbocycles. The van der Waals surface area contributed by atoms with Gasteiger partial charge in [-0.3, -0.25) is 9.78 Å². The van der Waals surface area contributed by atoms with Crippen molar-refractivity contribution >= 4 is 34.3 Å². The lowest BCUT2D eigenvalue weighted by molar-refractivity contribution is -0.115. The van der Waals surface area contributed by atoms with Crippen molar-refractivity contribution in [1.29, 1.82) is 0 Å². The van der Waals surface area contributed by atoms with E-state index in [4.69, 9.17) is 20.4 Å². The molecule has 4 rings (SSSR count). The number of carbonyl (C=O) groups excluding carboxylic acids is 1. The number of anilines is 1. The van der Waals surface area contributed by atoms with Crippen molar-refractivity contribution < 1.29 is 13.6 Å². The maximum Gasteiger partial charge on any atom is 0.417 e. The number of rotatable bonds is 4. The molecule has 2 N–H and O–H groups in total. The van der Waals surface area contributed by atoms with Gasteiger partial charge in [0.25, 0.3) is 0 Å². The van der Waals surface area contributed by atoms with Crippen LogP contribution in [-0.4, -0.2) is 15.9 Å². The molecule has 2 aromatic carbocycles. The Bertz CT molecular complexity index is 1190. The Morgan fingerprint density at radius 3 is 2.74 bits per heavy atom. The van der Waals surface area contributed by atoms with Crippen LogP contribution in [0.4, 0.5) is 5.69 Å². The highest BCUT2D eigenvalue weighted by molar-refractivity contribution is 6.30. The van der Waals surface area contributed by atoms with Gasteiger partial charge in [0.15, 0.2) is 5.58 Å². The molecule has 27 heavy (non-hydrogen) atoms. The zero-order chi connectivity index (χ0) is 19.0. The summed E-state index contributed by atoms with van der Waals surface area (Å²) >= 11 is 5.89. The van der Waals surface area contributed by atoms with Crippen LogP contribution in [0.2, 0.25) is 5.02 Å². The Morgan fingerprint density at radius 1 is 1.19 bits per heavy atom. The number of amides is 1. The maximum absolute atomic E-state index is 12.4. The van der Waals surface area contributed by atoms with Gasteiger partial charge in [-0.05, 0) is 49.4 Å². The van der Waals surface area contributed by atoms with E-state index >= 15 is 0 Å². The molecule has 0 aliphatic heterocycles. The van der Waals surface area contributed by atoms with Crippen molar-refractivity contribution in [3.63, 3.8) is 0 Å². The average Bonchev–Trinajstić information content (AvgIpc) is 3.17. The van der Waals surface area contributed by atoms with Gasteiger partial charge in [-0.15, -0.1) is 0 Å². The minimum absolute atomic E-state index is 0.0584. The summed E-state index contributed by atoms with van der Waals surface area (Å²) in [5, 5.41) is 3.40. The maximum atomic E-state index is 12.4. The Labute approximate surface area is 158 Å². The number of halogens is 1. The monoisotopic (exact) mass is 383 g/mol. The lowest BCUT2D eigenvalue weighted by atomic mass is 10.2. The fourth-order valence-corrected chi connectivity index (χ4v) is 2.82. The molecule has 7 nitrogen and oxygen atoms in total. The molecule has 0 unspecified atom stereocenters. The van der Waals surface area contributed by atoms with Gasteiger partial charge in [0.1, 0.15) is 5.76 Å². The lowest BCUT2D eigenvalue weighted by Gasteiger charge is -2.03. The smallest absolute Gasteiger partial charge is 0.417 e. The van der Waals surface area contributed by atoms with Gasteiger partial charge < -0.3 is 14.2 Å². The number of H-pyrrole nitrogens is 1. The molecule has 0 saturated heterocycles. The quantitative estimate of drug-likeness (QED) is 0.556. The van der Waals surface area contributed by atoms with E-state index in [9.17, 15) is 9.59 Å². The zero-order valence-corrected chi connectivity index (χ0v) is 15.0. The normalized spacial score (nSPS) is 11.0. The van der Waals surface area contributed by atoms with Crippen molar-refractivity contribution in [2.75, 3.05) is 5.32 Å². The van der Waals surface area contributed by atoms with Crippen LogP contribution < -0.4 is 11.1 Å². The first kappa shape index (κ1) is 17.1. The number of carbonyl (C=O) groups is 1. The van der Waals surface area contributed by atoms with Gasteiger partial charge in [-0.25, -0.2) is 9.78 Å². The third-order valence-electron chi connectivity index (χ3n) is 4.01. The summed E-state index contributed by atoms with van der Waals surface area (Å²) in [6, 6.07) is 12.0. The molecule has 8 heteroatoms. The molecule has 4 aromatic rings. The highest BCUT2D eigenvalue weighted by Gasteiger charge is 2.15. The van der Waals surface area contributed by atoms with Crippen LogP contribution >= 0.6 is 11.6 Å². The van der Waals surface area contributed by atoms with Gasteiger partial charge in [0.2, 0.25) is 11.8 Å². The van der Waals surface area contributed by atoms with Crippen molar-refractivity contribution in [2.24, 2.45) is 0 Å². The molecule has 2 aromatic heterocycles. The molecular formula is C19H14ClN3O4. The fourth-order valence-electron chi connectivity index (χ4n) is 2.70. The van der Waals surface area contributed by atoms with Crippen LogP contribution in [0, 0.1) is 6.92 Å². The molecule has 0 saturated carbocycles. The second kappa shape index (κ2) is 6.77. The minimum atomic E-state index is -0.540. The summed E-state index contributed by atoms with van der Waals surface area (Å²) in [7, 11) is 0. The van der Waals surface area contributed by atoms with Gasteiger partial charge in [-0.1, -0.05) is 11.6 Å². The fraction of sp³-hybridized carbons (Fsp3) is 0.105. The standard InChI is InChI=1S/C19H14ClN3O4/c1-10-14(22-18(26-10)11-2-4-12(20)5-3-11)9-17(24)21-13-6-7-16-15(8-13)23-19(25)27-16/h2-8H,9H2,1H3,(H,21,24)(H,23,25). The summed E-state index contributed by atoms with van der Waals surface area (Å²) in [4.78, 5) is 30.5. The lowest BCUT2D eigenvalue weighted by Crippen LogP contribution is -2.15. The highest BCUT2D eigenvalue weighted by atomic mass is 35.5. The first-order valence-electron chi connectivity index (χ1n) is 8.13. The molecule has 136 valence electrons. The first-order valence-corrected chi connectivity index (χ1v) is 8.51. The predicted molar refractivity (Wildman–Crippen MR) is 101 cm³/mol. The van der Waals surface area contributed by atoms with E-state index < -0.39 is 5.76 Å². The van der Waals surface area contributed by atoms with Crippen LogP contribution in [0.25, 0.3) is 22.6 Å². The predicted octanol–water partition coefficient (Wildman–Crippen LogP) is 3.92. The number of oxazole rings is 2. The van der Waals surface area contributed by atoms with Crippen molar-refractivity contribution in [1.82, 2.24) is 9.97 Å². The number of aromatic amines is 1. The Balaban J connectivity index is 1.50. The van der Waals surface area contributed by atoms with Crippen molar-refractivity contribution in [3.8, 4) is 11.5 Å². The second-order valence-electron chi connectivity index (χ2n) is 5.98. The number of hydrogen-bond donors (Lipinski definition) is 2. The molecule has 0 fully saturated rings. The number of hydrogen-bond acceptors (Lipinski definition) is 5. The average molecular weight is 384 g/mol. The third-order valence-corrected chi connectivity index (χ3v) is 4.27. The summed E-state index contributed by atoms with van der Waals surface area (Å²) in [6.45, 7) is 1.76. The minimum Gasteiger partial charge on any atom is -0.441 e. The van der Waals surface area contributed by atoms with Crippen molar-refractivity contribution in [2.45, 2.75) is 13.3 Å². The van der Waals surface area contributed by atoms with Crippen molar-refractivity contribution in [3.05, 3.63) is 69.5 Å². The zero-order valence-electron chi connectivity index (χ0n) is 14.2. The number of nitrogens with zero attached hydrogens (tertiary/aromatic N) is 1. The summed E-state index contributed by atoms with van der Waals surface area (Å²) in [5.41, 5.74) is 2.82. The highest BCUT2D eigenvalue weighted by Crippen LogP contribution is 2.24. The molecule has 1 amide bonds. The molecule has 0 radical (unpaired) electrons. The van der Waals surface area contributed by atoms with Crippen LogP contribution in [-0.2, 0) is 11.2 Å². The summed E-state index contributed by atoms with van der Waals surface area (Å²) in [6.07, 6.45) is 0.0584. The topological polar surface area (TPSA) is 101 Å². The van der Waals surface area contributed by atoms with Crippen LogP contribution in [0.1, 0.15) is 11.5 Å². The van der Waals surface area contributed by atoms with Gasteiger partial charge >= 0.3 is 5.76 Å². The molecular weight excluding hydrogens is 370 g/mol. The number of aryl methyl sites for hydroxylation is 1. The Morgan fingerprint density at radius 2 is 1.96 bits per heavy atom. The second-order valence-corrected chi connectivity index (χ2v) is 6.42. The SMILES string of the molecule is Cc1oc(-c2ccc(Cl)cc2)nc1CC(=O)Nc1ccc2oc(=O)[nH]c2c1. The first-order chi connectivity index (χ1) is 13.0. The van der Waals surface area contributed by atoms with E-state index in [-0.39, 0.29) is 12.3 Å². The summed E-state index contributed by atoms with van der Waals surface area (Å²) in [5.74, 6) is 0.217. The van der Waals surface area contributed by atoms with Crippen LogP contribution in [0.3, 0.4) is 0 Å². The largest absolute Gasteiger partial charge is 0.441 e. The van der Waals surface area contributed by atoms with Gasteiger partial charge in [0, 0.05) is 16.3 Å². The Hall–Kier alpha value is -3.32. The number of aromatic nitrogens is 2. The van der Waals surface area contributed by atoms with E-state index in [2.05, 4.69) is 15.3 Å². The Kier molecular flexibility index (Phi) is 4.29. The molecule has 0 spiro atoms. The van der Waals surface area contributed by atoms with E-state index in [1.165, 1.54) is 0 Å². The molecule has 2 heterocycles. The van der Waals surface area contributed by atoms with Gasteiger partial charge in [0.05, 0.1) is 17.6 Å². The molecule has 0 atom stereocenters. The molecule has 0 bridgehead atoms. The van der Waals surface area contributed by atoms with E-state index in [0.29, 0.717) is 39.2 Å². The summed E-state index contributed by atoms with van der Waals surface area (Å²) < 4.78 is 10.6. The van der Waals surface area contributed by atoms with E-state index in [0.717, 1.165) is 5.56 Å². The third kappa shape index (κ3) is 3.63. The van der Waals surface area contributed by atoms with Crippen LogP contribution in [0.15, 0.2) is 56.1 Å². The molecule has 0 aliphatic rings. The van der Waals surface area contributed by atoms with Gasteiger partial charge in [-0.2, -0.15) is 0 Å². The van der Waals surface area contributed by atoms with E-state index in [1.807, 2.05) is 0 Å². The number of fused-ring (bicyclic) bond motifs is 1. The van der Waals surface area contributed by atoms with E-state index in [1.54, 1.807) is 49.4 Å². The van der Waals surface area contributed by atoms with Crippen LogP contribution in [0.5, 0.6) is 0 Å².